The van der Waals surface area contributed by atoms with Crippen LogP contribution in [0.1, 0.15) is 22.5 Å². The fourth-order valence-corrected chi connectivity index (χ4v) is 3.32. The highest BCUT2D eigenvalue weighted by Gasteiger charge is 2.21. The fraction of sp³-hybridized carbons (Fsp3) is 0.227. The Morgan fingerprint density at radius 2 is 1.78 bits per heavy atom. The lowest BCUT2D eigenvalue weighted by atomic mass is 10.1. The normalized spacial score (nSPS) is 13.0. The predicted molar refractivity (Wildman–Crippen MR) is 112 cm³/mol. The van der Waals surface area contributed by atoms with E-state index in [9.17, 15) is 9.59 Å². The fourth-order valence-electron chi connectivity index (χ4n) is 3.32. The van der Waals surface area contributed by atoms with Crippen molar-refractivity contribution in [3.8, 4) is 28.8 Å². The summed E-state index contributed by atoms with van der Waals surface area (Å²) >= 11 is 0. The maximum atomic E-state index is 12.8. The van der Waals surface area contributed by atoms with Crippen LogP contribution in [0.15, 0.2) is 57.7 Å². The third-order valence-electron chi connectivity index (χ3n) is 4.94. The van der Waals surface area contributed by atoms with Crippen LogP contribution in [-0.4, -0.2) is 43.8 Å². The second kappa shape index (κ2) is 8.14. The number of benzene rings is 2. The lowest BCUT2D eigenvalue weighted by molar-refractivity contribution is 0.0964. The summed E-state index contributed by atoms with van der Waals surface area (Å²) in [5, 5.41) is 12.9. The molecule has 10 nitrogen and oxygen atoms in total. The summed E-state index contributed by atoms with van der Waals surface area (Å²) in [5.41, 5.74) is 2.01. The molecule has 2 aromatic carbocycles. The maximum Gasteiger partial charge on any atom is 0.437 e. The molecule has 10 heteroatoms. The molecular formula is C22H19N5O5. The van der Waals surface area contributed by atoms with Gasteiger partial charge in [0.05, 0.1) is 24.6 Å². The van der Waals surface area contributed by atoms with Crippen LogP contribution in [0.3, 0.4) is 0 Å². The zero-order valence-corrected chi connectivity index (χ0v) is 17.2. The lowest BCUT2D eigenvalue weighted by Gasteiger charge is -2.08. The van der Waals surface area contributed by atoms with Crippen LogP contribution in [0, 0.1) is 6.92 Å². The number of carbonyl (C=O) groups is 1. The summed E-state index contributed by atoms with van der Waals surface area (Å²) in [6, 6.07) is 14.3. The molecule has 5 rings (SSSR count). The van der Waals surface area contributed by atoms with Gasteiger partial charge in [0.1, 0.15) is 6.54 Å². The molecule has 0 bridgehead atoms. The molecule has 0 fully saturated rings. The minimum absolute atomic E-state index is 0.00106. The van der Waals surface area contributed by atoms with Crippen LogP contribution in [0.2, 0.25) is 0 Å². The molecule has 0 radical (unpaired) electrons. The number of rotatable bonds is 5. The van der Waals surface area contributed by atoms with E-state index >= 15 is 0 Å². The van der Waals surface area contributed by atoms with Crippen molar-refractivity contribution in [3.63, 3.8) is 0 Å². The minimum Gasteiger partial charge on any atom is -0.490 e. The van der Waals surface area contributed by atoms with Crippen LogP contribution in [0.25, 0.3) is 17.3 Å². The van der Waals surface area contributed by atoms with Crippen LogP contribution in [-0.2, 0) is 6.54 Å². The van der Waals surface area contributed by atoms with E-state index in [0.29, 0.717) is 41.7 Å². The first-order valence-electron chi connectivity index (χ1n) is 10.1. The number of nitrogens with zero attached hydrogens (tertiary/aromatic N) is 5. The molecule has 4 aromatic rings. The molecular weight excluding hydrogens is 414 g/mol. The van der Waals surface area contributed by atoms with E-state index < -0.39 is 5.76 Å². The van der Waals surface area contributed by atoms with Crippen LogP contribution >= 0.6 is 0 Å². The van der Waals surface area contributed by atoms with Gasteiger partial charge in [-0.25, -0.2) is 4.79 Å². The van der Waals surface area contributed by atoms with Gasteiger partial charge in [-0.1, -0.05) is 18.2 Å². The van der Waals surface area contributed by atoms with Crippen molar-refractivity contribution in [1.82, 2.24) is 24.8 Å². The quantitative estimate of drug-likeness (QED) is 0.441. The average molecular weight is 433 g/mol. The second-order valence-electron chi connectivity index (χ2n) is 7.22. The Balaban J connectivity index is 1.39. The van der Waals surface area contributed by atoms with E-state index in [1.807, 2.05) is 30.3 Å². The number of ketones is 1. The molecule has 3 heterocycles. The number of hydrogen-bond acceptors (Lipinski definition) is 8. The molecule has 0 N–H and O–H groups in total. The second-order valence-corrected chi connectivity index (χ2v) is 7.22. The molecule has 162 valence electrons. The number of para-hydroxylation sites is 1. The van der Waals surface area contributed by atoms with Crippen LogP contribution in [0.4, 0.5) is 0 Å². The maximum absolute atomic E-state index is 12.8. The molecule has 1 aliphatic heterocycles. The Labute approximate surface area is 182 Å². The standard InChI is InChI=1S/C22H19N5O5/c1-14-20(24-27(23-14)16-6-3-2-4-7-16)21-25-26(22(29)32-21)13-17(28)15-8-9-18-19(12-15)31-11-5-10-30-18/h2-4,6-9,12H,5,10-11,13H2,1H3. The number of aryl methyl sites for hydroxylation is 1. The summed E-state index contributed by atoms with van der Waals surface area (Å²) in [4.78, 5) is 26.5. The van der Waals surface area contributed by atoms with Crippen molar-refractivity contribution in [3.05, 3.63) is 70.3 Å². The largest absolute Gasteiger partial charge is 0.490 e. The number of Topliss-reactive ketones (excluding diaryl/α,β-unsaturated/α-hetero) is 1. The number of aromatic nitrogens is 5. The highest BCUT2D eigenvalue weighted by Crippen LogP contribution is 2.30. The molecule has 0 saturated heterocycles. The first-order chi connectivity index (χ1) is 15.6. The van der Waals surface area contributed by atoms with Gasteiger partial charge >= 0.3 is 5.76 Å². The number of carbonyl (C=O) groups excluding carboxylic acids is 1. The Morgan fingerprint density at radius 3 is 2.59 bits per heavy atom. The first-order valence-corrected chi connectivity index (χ1v) is 10.1. The van der Waals surface area contributed by atoms with Crippen LogP contribution < -0.4 is 15.2 Å². The van der Waals surface area contributed by atoms with Crippen molar-refractivity contribution in [2.45, 2.75) is 19.9 Å². The van der Waals surface area contributed by atoms with Gasteiger partial charge in [0.2, 0.25) is 0 Å². The Kier molecular flexibility index (Phi) is 5.02. The molecule has 0 aliphatic carbocycles. The van der Waals surface area contributed by atoms with E-state index in [-0.39, 0.29) is 18.2 Å². The Hall–Kier alpha value is -4.21. The summed E-state index contributed by atoms with van der Waals surface area (Å²) in [6.45, 7) is 2.53. The SMILES string of the molecule is Cc1nn(-c2ccccc2)nc1-c1nn(CC(=O)c2ccc3c(c2)OCCCO3)c(=O)o1. The molecule has 0 atom stereocenters. The summed E-state index contributed by atoms with van der Waals surface area (Å²) in [6.07, 6.45) is 0.767. The summed E-state index contributed by atoms with van der Waals surface area (Å²) < 4.78 is 17.4. The van der Waals surface area contributed by atoms with Crippen LogP contribution in [0.5, 0.6) is 11.5 Å². The molecule has 0 amide bonds. The minimum atomic E-state index is -0.753. The third-order valence-corrected chi connectivity index (χ3v) is 4.94. The number of hydrogen-bond donors (Lipinski definition) is 0. The molecule has 32 heavy (non-hydrogen) atoms. The smallest absolute Gasteiger partial charge is 0.437 e. The average Bonchev–Trinajstić information content (AvgIpc) is 3.27. The van der Waals surface area contributed by atoms with Gasteiger partial charge in [0.25, 0.3) is 5.89 Å². The summed E-state index contributed by atoms with van der Waals surface area (Å²) in [7, 11) is 0. The van der Waals surface area contributed by atoms with Gasteiger partial charge in [-0.2, -0.15) is 14.6 Å². The van der Waals surface area contributed by atoms with Gasteiger partial charge in [-0.3, -0.25) is 4.79 Å². The molecule has 0 unspecified atom stereocenters. The number of ether oxygens (including phenoxy) is 2. The van der Waals surface area contributed by atoms with Gasteiger partial charge in [0, 0.05) is 12.0 Å². The molecule has 2 aromatic heterocycles. The topological polar surface area (TPSA) is 114 Å². The monoisotopic (exact) mass is 433 g/mol. The third kappa shape index (κ3) is 3.78. The highest BCUT2D eigenvalue weighted by molar-refractivity contribution is 5.96. The van der Waals surface area contributed by atoms with E-state index in [0.717, 1.165) is 16.8 Å². The Bertz CT molecular complexity index is 1340. The highest BCUT2D eigenvalue weighted by atomic mass is 16.5. The van der Waals surface area contributed by atoms with Crippen molar-refractivity contribution >= 4 is 5.78 Å². The van der Waals surface area contributed by atoms with Gasteiger partial charge in [-0.15, -0.1) is 10.2 Å². The van der Waals surface area contributed by atoms with Gasteiger partial charge < -0.3 is 13.9 Å². The zero-order valence-electron chi connectivity index (χ0n) is 17.2. The Morgan fingerprint density at radius 1 is 1.00 bits per heavy atom. The lowest BCUT2D eigenvalue weighted by Crippen LogP contribution is -2.21. The number of fused-ring (bicyclic) bond motifs is 1. The summed E-state index contributed by atoms with van der Waals surface area (Å²) in [5.74, 6) is 0.0383. The van der Waals surface area contributed by atoms with Crippen molar-refractivity contribution < 1.29 is 18.7 Å². The van der Waals surface area contributed by atoms with E-state index in [1.54, 1.807) is 25.1 Å². The zero-order chi connectivity index (χ0) is 22.1. The molecule has 0 spiro atoms. The van der Waals surface area contributed by atoms with E-state index in [4.69, 9.17) is 13.9 Å². The van der Waals surface area contributed by atoms with E-state index in [2.05, 4.69) is 15.3 Å². The van der Waals surface area contributed by atoms with Crippen molar-refractivity contribution in [2.75, 3.05) is 13.2 Å². The molecule has 1 aliphatic rings. The molecule has 0 saturated carbocycles. The van der Waals surface area contributed by atoms with Crippen molar-refractivity contribution in [1.29, 1.82) is 0 Å². The van der Waals surface area contributed by atoms with Gasteiger partial charge in [0.15, 0.2) is 23.0 Å². The predicted octanol–water partition coefficient (Wildman–Crippen LogP) is 2.44. The van der Waals surface area contributed by atoms with E-state index in [1.165, 1.54) is 4.80 Å². The van der Waals surface area contributed by atoms with Gasteiger partial charge in [-0.05, 0) is 37.3 Å². The first kappa shape index (κ1) is 19.7. The van der Waals surface area contributed by atoms with Crippen molar-refractivity contribution in [2.24, 2.45) is 0 Å².